The first-order chi connectivity index (χ1) is 10.5. The topological polar surface area (TPSA) is 87.0 Å². The number of esters is 1. The zero-order chi connectivity index (χ0) is 18.7. The van der Waals surface area contributed by atoms with Gasteiger partial charge in [-0.05, 0) is 30.6 Å². The molecule has 1 atom stereocenters. The van der Waals surface area contributed by atoms with Gasteiger partial charge in [-0.3, -0.25) is 4.79 Å². The Morgan fingerprint density at radius 1 is 1.04 bits per heavy atom. The molecule has 3 N–H and O–H groups in total. The molecule has 5 heteroatoms. The summed E-state index contributed by atoms with van der Waals surface area (Å²) in [5, 5.41) is 26.7. The van der Waals surface area contributed by atoms with Gasteiger partial charge in [0.2, 0.25) is 0 Å². The molecule has 0 aliphatic rings. The highest BCUT2D eigenvalue weighted by Crippen LogP contribution is 2.31. The smallest absolute Gasteiger partial charge is 0.314 e. The monoisotopic (exact) mass is 334 g/mol. The molecule has 0 rings (SSSR count). The number of methoxy groups -OCH3 is 1. The second-order valence-corrected chi connectivity index (χ2v) is 7.88. The number of carbonyl (C=O) groups excluding carboxylic acids is 1. The van der Waals surface area contributed by atoms with E-state index in [0.717, 1.165) is 6.42 Å². The zero-order valence-electron chi connectivity index (χ0n) is 16.1. The number of aliphatic hydroxyl groups excluding tert-OH is 3. The molecular formula is C18H38O5. The van der Waals surface area contributed by atoms with Gasteiger partial charge in [-0.2, -0.15) is 0 Å². The Hall–Kier alpha value is -0.650. The first-order valence-electron chi connectivity index (χ1n) is 8.42. The molecule has 23 heavy (non-hydrogen) atoms. The van der Waals surface area contributed by atoms with Gasteiger partial charge in [-0.25, -0.2) is 0 Å². The van der Waals surface area contributed by atoms with E-state index >= 15 is 0 Å². The summed E-state index contributed by atoms with van der Waals surface area (Å²) >= 11 is 0. The summed E-state index contributed by atoms with van der Waals surface area (Å²) in [6, 6.07) is 0. The second kappa shape index (κ2) is 11.8. The van der Waals surface area contributed by atoms with Crippen LogP contribution in [-0.2, 0) is 9.53 Å². The zero-order valence-corrected chi connectivity index (χ0v) is 16.1. The molecule has 0 heterocycles. The molecule has 5 nitrogen and oxygen atoms in total. The van der Waals surface area contributed by atoms with E-state index in [1.54, 1.807) is 0 Å². The van der Waals surface area contributed by atoms with Crippen molar-refractivity contribution in [2.45, 2.75) is 60.8 Å². The van der Waals surface area contributed by atoms with E-state index in [4.69, 9.17) is 14.9 Å². The van der Waals surface area contributed by atoms with Gasteiger partial charge in [0.1, 0.15) is 0 Å². The molecule has 0 saturated carbocycles. The lowest BCUT2D eigenvalue weighted by molar-refractivity contribution is -0.157. The summed E-state index contributed by atoms with van der Waals surface area (Å²) < 4.78 is 4.70. The fraction of sp³-hybridized carbons (Fsp3) is 0.944. The summed E-state index contributed by atoms with van der Waals surface area (Å²) in [6.45, 7) is 12.3. The number of aliphatic hydroxyl groups is 3. The van der Waals surface area contributed by atoms with Gasteiger partial charge in [0.05, 0.1) is 19.1 Å². The van der Waals surface area contributed by atoms with E-state index in [-0.39, 0.29) is 37.1 Å². The van der Waals surface area contributed by atoms with Crippen molar-refractivity contribution in [3.8, 4) is 0 Å². The summed E-state index contributed by atoms with van der Waals surface area (Å²) in [4.78, 5) is 11.4. The summed E-state index contributed by atoms with van der Waals surface area (Å²) in [6.07, 6.45) is 2.17. The minimum atomic E-state index is -0.692. The fourth-order valence-corrected chi connectivity index (χ4v) is 2.66. The summed E-state index contributed by atoms with van der Waals surface area (Å²) in [5.74, 6) is 0.136. The van der Waals surface area contributed by atoms with Crippen molar-refractivity contribution in [3.05, 3.63) is 0 Å². The highest BCUT2D eigenvalue weighted by molar-refractivity contribution is 5.76. The van der Waals surface area contributed by atoms with Gasteiger partial charge in [0, 0.05) is 19.1 Å². The van der Waals surface area contributed by atoms with Crippen molar-refractivity contribution in [2.24, 2.45) is 22.7 Å². The summed E-state index contributed by atoms with van der Waals surface area (Å²) in [7, 11) is 1.36. The third-order valence-corrected chi connectivity index (χ3v) is 3.81. The van der Waals surface area contributed by atoms with Gasteiger partial charge in [0.25, 0.3) is 0 Å². The van der Waals surface area contributed by atoms with Crippen LogP contribution in [0.3, 0.4) is 0 Å². The number of rotatable bonds is 8. The maximum atomic E-state index is 11.4. The molecule has 0 fully saturated rings. The van der Waals surface area contributed by atoms with Crippen LogP contribution in [0.1, 0.15) is 60.8 Å². The van der Waals surface area contributed by atoms with E-state index < -0.39 is 5.41 Å². The predicted molar refractivity (Wildman–Crippen MR) is 93.0 cm³/mol. The Bertz CT molecular complexity index is 299. The van der Waals surface area contributed by atoms with Crippen LogP contribution >= 0.6 is 0 Å². The van der Waals surface area contributed by atoms with Crippen LogP contribution in [-0.4, -0.2) is 48.2 Å². The minimum absolute atomic E-state index is 0.0556. The SMILES string of the molecule is CC(C)(C)CC(CO)CO.CCC(CO)(CC(C)C)C(=O)OC. The quantitative estimate of drug-likeness (QED) is 0.594. The third kappa shape index (κ3) is 10.7. The van der Waals surface area contributed by atoms with Crippen molar-refractivity contribution in [1.82, 2.24) is 0 Å². The van der Waals surface area contributed by atoms with Gasteiger partial charge in [-0.15, -0.1) is 0 Å². The van der Waals surface area contributed by atoms with Crippen LogP contribution in [0.2, 0.25) is 0 Å². The Kier molecular flexibility index (Phi) is 12.6. The van der Waals surface area contributed by atoms with Gasteiger partial charge in [0.15, 0.2) is 0 Å². The van der Waals surface area contributed by atoms with Crippen LogP contribution in [0.25, 0.3) is 0 Å². The maximum absolute atomic E-state index is 11.4. The molecule has 0 bridgehead atoms. The molecule has 140 valence electrons. The molecule has 1 unspecified atom stereocenters. The van der Waals surface area contributed by atoms with Crippen molar-refractivity contribution in [2.75, 3.05) is 26.9 Å². The average molecular weight is 334 g/mol. The first-order valence-corrected chi connectivity index (χ1v) is 8.42. The van der Waals surface area contributed by atoms with Crippen molar-refractivity contribution >= 4 is 5.97 Å². The number of ether oxygens (including phenoxy) is 1. The molecule has 0 aromatic heterocycles. The lowest BCUT2D eigenvalue weighted by atomic mass is 9.78. The summed E-state index contributed by atoms with van der Waals surface area (Å²) in [5.41, 5.74) is -0.487. The second-order valence-electron chi connectivity index (χ2n) is 7.88. The molecule has 0 aromatic carbocycles. The van der Waals surface area contributed by atoms with Crippen LogP contribution in [0.4, 0.5) is 0 Å². The lowest BCUT2D eigenvalue weighted by Gasteiger charge is -2.29. The largest absolute Gasteiger partial charge is 0.469 e. The van der Waals surface area contributed by atoms with Crippen LogP contribution < -0.4 is 0 Å². The van der Waals surface area contributed by atoms with E-state index in [0.29, 0.717) is 18.8 Å². The Morgan fingerprint density at radius 2 is 1.52 bits per heavy atom. The van der Waals surface area contributed by atoms with E-state index in [2.05, 4.69) is 20.8 Å². The lowest BCUT2D eigenvalue weighted by Crippen LogP contribution is -2.36. The molecular weight excluding hydrogens is 296 g/mol. The van der Waals surface area contributed by atoms with Crippen molar-refractivity contribution < 1.29 is 24.9 Å². The maximum Gasteiger partial charge on any atom is 0.314 e. The van der Waals surface area contributed by atoms with E-state index in [9.17, 15) is 9.90 Å². The van der Waals surface area contributed by atoms with E-state index in [1.807, 2.05) is 20.8 Å². The molecule has 0 aliphatic heterocycles. The number of hydrogen-bond acceptors (Lipinski definition) is 5. The van der Waals surface area contributed by atoms with Gasteiger partial charge >= 0.3 is 5.97 Å². The van der Waals surface area contributed by atoms with Crippen LogP contribution in [0.5, 0.6) is 0 Å². The minimum Gasteiger partial charge on any atom is -0.469 e. The van der Waals surface area contributed by atoms with Gasteiger partial charge in [-0.1, -0.05) is 41.5 Å². The van der Waals surface area contributed by atoms with Crippen LogP contribution in [0.15, 0.2) is 0 Å². The average Bonchev–Trinajstić information content (AvgIpc) is 2.48. The highest BCUT2D eigenvalue weighted by atomic mass is 16.5. The molecule has 0 aliphatic carbocycles. The highest BCUT2D eigenvalue weighted by Gasteiger charge is 2.37. The molecule has 0 spiro atoms. The normalized spacial score (nSPS) is 14.3. The molecule has 0 amide bonds. The standard InChI is InChI=1S/C10H20O3.C8H18O2/c1-5-10(7-11,6-8(2)3)9(12)13-4;1-8(2,3)4-7(5-9)6-10/h8,11H,5-7H2,1-4H3;7,9-10H,4-6H2,1-3H3. The Morgan fingerprint density at radius 3 is 1.70 bits per heavy atom. The number of hydrogen-bond donors (Lipinski definition) is 3. The Labute approximate surface area is 142 Å². The number of carbonyl (C=O) groups is 1. The third-order valence-electron chi connectivity index (χ3n) is 3.81. The first kappa shape index (κ1) is 24.6. The van der Waals surface area contributed by atoms with Gasteiger partial charge < -0.3 is 20.1 Å². The molecule has 0 aromatic rings. The van der Waals surface area contributed by atoms with Crippen molar-refractivity contribution in [3.63, 3.8) is 0 Å². The Balaban J connectivity index is 0. The predicted octanol–water partition coefficient (Wildman–Crippen LogP) is 2.62. The van der Waals surface area contributed by atoms with E-state index in [1.165, 1.54) is 7.11 Å². The fourth-order valence-electron chi connectivity index (χ4n) is 2.66. The van der Waals surface area contributed by atoms with Crippen molar-refractivity contribution in [1.29, 1.82) is 0 Å². The molecule has 0 saturated heterocycles. The van der Waals surface area contributed by atoms with Crippen LogP contribution in [0, 0.1) is 22.7 Å². The molecule has 0 radical (unpaired) electrons.